The molecule has 0 radical (unpaired) electrons. The van der Waals surface area contributed by atoms with Gasteiger partial charge in [0.25, 0.3) is 0 Å². The van der Waals surface area contributed by atoms with E-state index in [2.05, 4.69) is 64.1 Å². The fourth-order valence-corrected chi connectivity index (χ4v) is 5.44. The van der Waals surface area contributed by atoms with Gasteiger partial charge in [-0.2, -0.15) is 5.10 Å². The van der Waals surface area contributed by atoms with Crippen molar-refractivity contribution in [1.29, 1.82) is 0 Å². The second kappa shape index (κ2) is 8.23. The van der Waals surface area contributed by atoms with Gasteiger partial charge >= 0.3 is 5.97 Å². The third-order valence-electron chi connectivity index (χ3n) is 7.14. The number of aromatic nitrogens is 3. The molecule has 1 aliphatic rings. The number of ether oxygens (including phenoxy) is 1. The minimum Gasteiger partial charge on any atom is -0.469 e. The van der Waals surface area contributed by atoms with E-state index in [9.17, 15) is 4.79 Å². The third-order valence-corrected chi connectivity index (χ3v) is 7.14. The van der Waals surface area contributed by atoms with E-state index in [0.29, 0.717) is 6.42 Å². The SMILES string of the molecule is CCCC(C(=O)OC)c1c(C)nc2cc(C(C)(C)C)nn2c1-c1ccc2c3c(cccc13)CC2. The van der Waals surface area contributed by atoms with Crippen LogP contribution in [0.15, 0.2) is 36.4 Å². The minimum absolute atomic E-state index is 0.119. The molecule has 5 rings (SSSR count). The van der Waals surface area contributed by atoms with Gasteiger partial charge in [0, 0.05) is 28.3 Å². The normalized spacial score (nSPS) is 14.2. The van der Waals surface area contributed by atoms with Crippen LogP contribution >= 0.6 is 0 Å². The summed E-state index contributed by atoms with van der Waals surface area (Å²) < 4.78 is 7.24. The summed E-state index contributed by atoms with van der Waals surface area (Å²) in [6.07, 6.45) is 3.71. The van der Waals surface area contributed by atoms with Crippen molar-refractivity contribution in [2.75, 3.05) is 7.11 Å². The summed E-state index contributed by atoms with van der Waals surface area (Å²) in [7, 11) is 1.47. The van der Waals surface area contributed by atoms with Crippen molar-refractivity contribution in [3.8, 4) is 11.3 Å². The van der Waals surface area contributed by atoms with Gasteiger partial charge in [0.1, 0.15) is 0 Å². The average molecular weight is 456 g/mol. The van der Waals surface area contributed by atoms with Gasteiger partial charge in [0.05, 0.1) is 24.4 Å². The summed E-state index contributed by atoms with van der Waals surface area (Å²) in [6, 6.07) is 13.1. The fourth-order valence-electron chi connectivity index (χ4n) is 5.44. The molecule has 0 amide bonds. The molecule has 0 fully saturated rings. The van der Waals surface area contributed by atoms with Crippen molar-refractivity contribution in [1.82, 2.24) is 14.6 Å². The maximum Gasteiger partial charge on any atom is 0.313 e. The summed E-state index contributed by atoms with van der Waals surface area (Å²) in [4.78, 5) is 18.0. The van der Waals surface area contributed by atoms with Gasteiger partial charge in [0.15, 0.2) is 5.65 Å². The molecule has 0 saturated carbocycles. The molecule has 0 N–H and O–H groups in total. The molecule has 1 atom stereocenters. The Bertz CT molecular complexity index is 1420. The number of fused-ring (bicyclic) bond motifs is 1. The zero-order valence-electron chi connectivity index (χ0n) is 21.0. The number of aryl methyl sites for hydroxylation is 3. The van der Waals surface area contributed by atoms with Crippen LogP contribution in [0, 0.1) is 6.92 Å². The molecule has 2 aromatic heterocycles. The van der Waals surface area contributed by atoms with Crippen LogP contribution in [0.3, 0.4) is 0 Å². The highest BCUT2D eigenvalue weighted by molar-refractivity contribution is 6.02. The molecule has 5 nitrogen and oxygen atoms in total. The summed E-state index contributed by atoms with van der Waals surface area (Å²) in [5.74, 6) is -0.617. The lowest BCUT2D eigenvalue weighted by Gasteiger charge is -2.22. The molecule has 0 aliphatic heterocycles. The summed E-state index contributed by atoms with van der Waals surface area (Å²) in [6.45, 7) is 10.6. The van der Waals surface area contributed by atoms with Gasteiger partial charge in [-0.25, -0.2) is 9.50 Å². The number of rotatable bonds is 5. The lowest BCUT2D eigenvalue weighted by molar-refractivity contribution is -0.142. The van der Waals surface area contributed by atoms with E-state index in [1.807, 2.05) is 11.4 Å². The summed E-state index contributed by atoms with van der Waals surface area (Å²) >= 11 is 0. The lowest BCUT2D eigenvalue weighted by atomic mass is 9.87. The van der Waals surface area contributed by atoms with Gasteiger partial charge in [0.2, 0.25) is 0 Å². The number of hydrogen-bond acceptors (Lipinski definition) is 4. The molecule has 5 heteroatoms. The van der Waals surface area contributed by atoms with Crippen LogP contribution in [0.5, 0.6) is 0 Å². The Morgan fingerprint density at radius 2 is 1.88 bits per heavy atom. The largest absolute Gasteiger partial charge is 0.469 e. The van der Waals surface area contributed by atoms with Gasteiger partial charge in [-0.3, -0.25) is 4.79 Å². The fraction of sp³-hybridized carbons (Fsp3) is 0.414. The number of carbonyl (C=O) groups excluding carboxylic acids is 1. The molecule has 0 saturated heterocycles. The predicted octanol–water partition coefficient (Wildman–Crippen LogP) is 6.31. The molecule has 0 bridgehead atoms. The van der Waals surface area contributed by atoms with Gasteiger partial charge in [-0.1, -0.05) is 64.4 Å². The Labute approximate surface area is 201 Å². The molecule has 0 spiro atoms. The standard InChI is InChI=1S/C29H33N3O2/c1-7-9-22(28(33)34-6)25-17(2)30-24-16-23(29(3,4)5)31-32(24)27(25)21-15-14-19-13-12-18-10-8-11-20(21)26(18)19/h8,10-11,14-16,22H,7,9,12-13H2,1-6H3. The second-order valence-electron chi connectivity index (χ2n) is 10.5. The first-order valence-corrected chi connectivity index (χ1v) is 12.3. The molecule has 2 aromatic carbocycles. The van der Waals surface area contributed by atoms with Crippen LogP contribution < -0.4 is 0 Å². The van der Waals surface area contributed by atoms with Gasteiger partial charge < -0.3 is 4.74 Å². The Morgan fingerprint density at radius 1 is 1.15 bits per heavy atom. The predicted molar refractivity (Wildman–Crippen MR) is 136 cm³/mol. The van der Waals surface area contributed by atoms with Crippen LogP contribution in [0.1, 0.15) is 74.5 Å². The summed E-state index contributed by atoms with van der Waals surface area (Å²) in [5.41, 5.74) is 8.29. The molecule has 34 heavy (non-hydrogen) atoms. The van der Waals surface area contributed by atoms with E-state index in [0.717, 1.165) is 53.1 Å². The van der Waals surface area contributed by atoms with Crippen molar-refractivity contribution in [2.45, 2.75) is 71.6 Å². The Balaban J connectivity index is 1.92. The molecule has 176 valence electrons. The third kappa shape index (κ3) is 3.49. The van der Waals surface area contributed by atoms with Crippen molar-refractivity contribution in [3.05, 3.63) is 64.5 Å². The molecular weight excluding hydrogens is 422 g/mol. The van der Waals surface area contributed by atoms with Crippen LogP contribution in [-0.2, 0) is 27.8 Å². The zero-order chi connectivity index (χ0) is 24.2. The highest BCUT2D eigenvalue weighted by Crippen LogP contribution is 2.42. The van der Waals surface area contributed by atoms with Crippen molar-refractivity contribution in [2.24, 2.45) is 0 Å². The van der Waals surface area contributed by atoms with E-state index in [4.69, 9.17) is 14.8 Å². The van der Waals surface area contributed by atoms with E-state index in [-0.39, 0.29) is 11.4 Å². The quantitative estimate of drug-likeness (QED) is 0.331. The number of methoxy groups -OCH3 is 1. The highest BCUT2D eigenvalue weighted by Gasteiger charge is 2.31. The number of esters is 1. The first-order valence-electron chi connectivity index (χ1n) is 12.3. The van der Waals surface area contributed by atoms with E-state index in [1.165, 1.54) is 29.0 Å². The minimum atomic E-state index is -0.396. The van der Waals surface area contributed by atoms with Crippen molar-refractivity contribution < 1.29 is 9.53 Å². The van der Waals surface area contributed by atoms with Crippen LogP contribution in [0.25, 0.3) is 27.7 Å². The molecule has 1 unspecified atom stereocenters. The number of carbonyl (C=O) groups is 1. The van der Waals surface area contributed by atoms with Crippen LogP contribution in [-0.4, -0.2) is 27.7 Å². The van der Waals surface area contributed by atoms with Crippen molar-refractivity contribution in [3.63, 3.8) is 0 Å². The molecule has 4 aromatic rings. The second-order valence-corrected chi connectivity index (χ2v) is 10.5. The Hall–Kier alpha value is -3.21. The average Bonchev–Trinajstić information content (AvgIpc) is 3.42. The van der Waals surface area contributed by atoms with Crippen LogP contribution in [0.4, 0.5) is 0 Å². The molecule has 2 heterocycles. The smallest absolute Gasteiger partial charge is 0.313 e. The van der Waals surface area contributed by atoms with E-state index in [1.54, 1.807) is 0 Å². The van der Waals surface area contributed by atoms with Gasteiger partial charge in [-0.05, 0) is 48.1 Å². The Morgan fingerprint density at radius 3 is 2.56 bits per heavy atom. The summed E-state index contributed by atoms with van der Waals surface area (Å²) in [5, 5.41) is 7.62. The van der Waals surface area contributed by atoms with E-state index < -0.39 is 5.92 Å². The highest BCUT2D eigenvalue weighted by atomic mass is 16.5. The van der Waals surface area contributed by atoms with Crippen LogP contribution in [0.2, 0.25) is 0 Å². The first kappa shape index (κ1) is 22.6. The maximum absolute atomic E-state index is 13.0. The maximum atomic E-state index is 13.0. The first-order chi connectivity index (χ1) is 16.2. The van der Waals surface area contributed by atoms with Crippen molar-refractivity contribution >= 4 is 22.4 Å². The number of hydrogen-bond donors (Lipinski definition) is 0. The number of benzene rings is 2. The molecular formula is C29H33N3O2. The topological polar surface area (TPSA) is 56.5 Å². The lowest BCUT2D eigenvalue weighted by Crippen LogP contribution is -2.19. The Kier molecular flexibility index (Phi) is 5.46. The van der Waals surface area contributed by atoms with Gasteiger partial charge in [-0.15, -0.1) is 0 Å². The number of nitrogens with zero attached hydrogens (tertiary/aromatic N) is 3. The monoisotopic (exact) mass is 455 g/mol. The molecule has 1 aliphatic carbocycles. The van der Waals surface area contributed by atoms with E-state index >= 15 is 0 Å². The zero-order valence-corrected chi connectivity index (χ0v) is 21.0.